The number of ether oxygens (including phenoxy) is 2. The third kappa shape index (κ3) is 3.91. The Balaban J connectivity index is 1.49. The van der Waals surface area contributed by atoms with Crippen LogP contribution in [0.5, 0.6) is 23.0 Å². The lowest BCUT2D eigenvalue weighted by atomic mass is 9.77. The van der Waals surface area contributed by atoms with Gasteiger partial charge in [0.25, 0.3) is 0 Å². The van der Waals surface area contributed by atoms with E-state index < -0.39 is 11.6 Å². The number of thiocarbonyl (C=S) groups is 1. The van der Waals surface area contributed by atoms with Gasteiger partial charge in [0, 0.05) is 53.4 Å². The number of rotatable bonds is 5. The predicted octanol–water partition coefficient (Wildman–Crippen LogP) is 4.57. The van der Waals surface area contributed by atoms with Crippen LogP contribution in [0.3, 0.4) is 0 Å². The molecule has 2 aliphatic rings. The van der Waals surface area contributed by atoms with Gasteiger partial charge in [0.2, 0.25) is 0 Å². The highest BCUT2D eigenvalue weighted by atomic mass is 32.1. The topological polar surface area (TPSA) is 117 Å². The lowest BCUT2D eigenvalue weighted by Gasteiger charge is -2.36. The maximum atomic E-state index is 13.2. The van der Waals surface area contributed by atoms with Crippen LogP contribution in [0.2, 0.25) is 0 Å². The molecule has 0 amide bonds. The number of carbonyl (C=O) groups is 2. The molecule has 1 spiro atoms. The maximum Gasteiger partial charge on any atom is 0.340 e. The normalized spacial score (nSPS) is 14.4. The van der Waals surface area contributed by atoms with Crippen molar-refractivity contribution < 1.29 is 29.3 Å². The van der Waals surface area contributed by atoms with Crippen molar-refractivity contribution in [3.63, 3.8) is 0 Å². The van der Waals surface area contributed by atoms with Crippen LogP contribution < -0.4 is 15.4 Å². The highest BCUT2D eigenvalue weighted by Gasteiger charge is 2.53. The minimum atomic E-state index is -1.31. The summed E-state index contributed by atoms with van der Waals surface area (Å²) in [6.07, 6.45) is 0.366. The molecule has 0 atom stereocenters. The quantitative estimate of drug-likeness (QED) is 0.293. The van der Waals surface area contributed by atoms with Crippen LogP contribution >= 0.6 is 12.2 Å². The van der Waals surface area contributed by atoms with Gasteiger partial charge in [-0.25, -0.2) is 4.79 Å². The van der Waals surface area contributed by atoms with Gasteiger partial charge in [-0.3, -0.25) is 4.79 Å². The van der Waals surface area contributed by atoms with Crippen molar-refractivity contribution in [3.8, 4) is 23.0 Å². The molecule has 36 heavy (non-hydrogen) atoms. The van der Waals surface area contributed by atoms with E-state index in [1.54, 1.807) is 30.3 Å². The average molecular weight is 505 g/mol. The fraction of sp³-hybridized carbons (Fsp3) is 0.222. The largest absolute Gasteiger partial charge is 0.508 e. The number of hydrogen-bond donors (Lipinski definition) is 4. The van der Waals surface area contributed by atoms with Crippen LogP contribution in [-0.2, 0) is 15.1 Å². The van der Waals surface area contributed by atoms with Gasteiger partial charge in [-0.15, -0.1) is 0 Å². The highest BCUT2D eigenvalue weighted by molar-refractivity contribution is 7.80. The first-order valence-electron chi connectivity index (χ1n) is 11.5. The Hall–Kier alpha value is -4.11. The van der Waals surface area contributed by atoms with E-state index in [-0.39, 0.29) is 23.2 Å². The SMILES string of the molecule is CC(C)C(=O)CCNC(=S)Nc1ccc2c(c1)C(=O)OC21c2ccc(O)cc2Oc2cc(O)ccc21. The molecule has 184 valence electrons. The maximum absolute atomic E-state index is 13.2. The molecule has 0 aliphatic carbocycles. The second kappa shape index (κ2) is 8.83. The summed E-state index contributed by atoms with van der Waals surface area (Å²) in [6.45, 7) is 4.12. The molecule has 0 radical (unpaired) electrons. The number of benzene rings is 3. The smallest absolute Gasteiger partial charge is 0.340 e. The molecule has 0 unspecified atom stereocenters. The number of Topliss-reactive ketones (excluding diaryl/α,β-unsaturated/α-hetero) is 1. The summed E-state index contributed by atoms with van der Waals surface area (Å²) in [4.78, 5) is 25.0. The first kappa shape index (κ1) is 23.6. The fourth-order valence-corrected chi connectivity index (χ4v) is 4.77. The third-order valence-electron chi connectivity index (χ3n) is 6.33. The number of anilines is 1. The van der Waals surface area contributed by atoms with Crippen molar-refractivity contribution in [1.82, 2.24) is 5.32 Å². The van der Waals surface area contributed by atoms with E-state index in [2.05, 4.69) is 10.6 Å². The molecule has 0 saturated heterocycles. The van der Waals surface area contributed by atoms with E-state index in [1.165, 1.54) is 24.3 Å². The summed E-state index contributed by atoms with van der Waals surface area (Å²) < 4.78 is 12.0. The highest BCUT2D eigenvalue weighted by Crippen LogP contribution is 2.57. The van der Waals surface area contributed by atoms with Gasteiger partial charge in [0.05, 0.1) is 5.56 Å². The molecule has 5 rings (SSSR count). The number of hydrogen-bond acceptors (Lipinski definition) is 7. The van der Waals surface area contributed by atoms with Gasteiger partial charge in [0.1, 0.15) is 28.8 Å². The molecule has 0 aromatic heterocycles. The van der Waals surface area contributed by atoms with Crippen LogP contribution in [-0.4, -0.2) is 33.6 Å². The molecule has 0 fully saturated rings. The molecule has 2 heterocycles. The van der Waals surface area contributed by atoms with Crippen LogP contribution in [0.4, 0.5) is 5.69 Å². The monoisotopic (exact) mass is 504 g/mol. The zero-order valence-electron chi connectivity index (χ0n) is 19.6. The average Bonchev–Trinajstić information content (AvgIpc) is 3.10. The van der Waals surface area contributed by atoms with Gasteiger partial charge in [-0.2, -0.15) is 0 Å². The minimum absolute atomic E-state index is 0.00676. The number of nitrogens with one attached hydrogen (secondary N) is 2. The summed E-state index contributed by atoms with van der Waals surface area (Å²) >= 11 is 5.34. The van der Waals surface area contributed by atoms with Crippen molar-refractivity contribution in [2.24, 2.45) is 5.92 Å². The zero-order valence-corrected chi connectivity index (χ0v) is 20.4. The van der Waals surface area contributed by atoms with Gasteiger partial charge >= 0.3 is 5.97 Å². The summed E-state index contributed by atoms with van der Waals surface area (Å²) in [5.74, 6) is 0.205. The third-order valence-corrected chi connectivity index (χ3v) is 6.58. The predicted molar refractivity (Wildman–Crippen MR) is 137 cm³/mol. The van der Waals surface area contributed by atoms with E-state index in [1.807, 2.05) is 13.8 Å². The number of phenols is 2. The van der Waals surface area contributed by atoms with Crippen molar-refractivity contribution >= 4 is 34.8 Å². The van der Waals surface area contributed by atoms with Crippen molar-refractivity contribution in [3.05, 3.63) is 76.9 Å². The molecular weight excluding hydrogens is 480 g/mol. The summed E-state index contributed by atoms with van der Waals surface area (Å²) in [6, 6.07) is 14.4. The Morgan fingerprint density at radius 3 is 2.19 bits per heavy atom. The van der Waals surface area contributed by atoms with Crippen LogP contribution in [0.1, 0.15) is 47.3 Å². The number of phenolic OH excluding ortho intramolecular Hbond substituents is 2. The second-order valence-corrected chi connectivity index (χ2v) is 9.45. The van der Waals surface area contributed by atoms with Crippen molar-refractivity contribution in [2.75, 3.05) is 11.9 Å². The Morgan fingerprint density at radius 1 is 0.972 bits per heavy atom. The van der Waals surface area contributed by atoms with Gasteiger partial charge in [0.15, 0.2) is 10.7 Å². The number of aromatic hydroxyl groups is 2. The minimum Gasteiger partial charge on any atom is -0.508 e. The zero-order chi connectivity index (χ0) is 25.6. The number of esters is 1. The number of carbonyl (C=O) groups excluding carboxylic acids is 2. The Bertz CT molecular complexity index is 1370. The summed E-state index contributed by atoms with van der Waals surface area (Å²) in [5.41, 5.74) is 1.32. The standard InChI is InChI=1S/C27H24N2O6S/c1-14(2)22(32)9-10-28-26(36)29-15-3-6-19-18(11-15)25(33)35-27(19)20-7-4-16(30)12-23(20)34-24-13-17(31)5-8-21(24)27/h3-8,11-14,30-31H,9-10H2,1-2H3,(H2,28,29,36). The Morgan fingerprint density at radius 2 is 1.58 bits per heavy atom. The van der Waals surface area contributed by atoms with Crippen LogP contribution in [0.15, 0.2) is 54.6 Å². The first-order chi connectivity index (χ1) is 17.2. The molecule has 8 nitrogen and oxygen atoms in total. The van der Waals surface area contributed by atoms with Gasteiger partial charge in [-0.05, 0) is 48.6 Å². The Kier molecular flexibility index (Phi) is 5.80. The van der Waals surface area contributed by atoms with Crippen molar-refractivity contribution in [2.45, 2.75) is 25.9 Å². The first-order valence-corrected chi connectivity index (χ1v) is 11.9. The summed E-state index contributed by atoms with van der Waals surface area (Å²) in [5, 5.41) is 26.4. The fourth-order valence-electron chi connectivity index (χ4n) is 4.55. The summed E-state index contributed by atoms with van der Waals surface area (Å²) in [7, 11) is 0. The molecule has 4 N–H and O–H groups in total. The molecule has 2 aliphatic heterocycles. The van der Waals surface area contributed by atoms with Crippen LogP contribution in [0, 0.1) is 5.92 Å². The van der Waals surface area contributed by atoms with E-state index in [0.29, 0.717) is 57.5 Å². The second-order valence-electron chi connectivity index (χ2n) is 9.05. The van der Waals surface area contributed by atoms with E-state index in [4.69, 9.17) is 21.7 Å². The van der Waals surface area contributed by atoms with Gasteiger partial charge in [-0.1, -0.05) is 19.9 Å². The molecule has 9 heteroatoms. The van der Waals surface area contributed by atoms with E-state index >= 15 is 0 Å². The molecule has 3 aromatic carbocycles. The number of fused-ring (bicyclic) bond motifs is 6. The van der Waals surface area contributed by atoms with E-state index in [0.717, 1.165) is 0 Å². The molecule has 0 bridgehead atoms. The number of ketones is 1. The molecule has 0 saturated carbocycles. The molecule has 3 aromatic rings. The Labute approximate surface area is 212 Å². The van der Waals surface area contributed by atoms with Gasteiger partial charge < -0.3 is 30.3 Å². The lowest BCUT2D eigenvalue weighted by Crippen LogP contribution is -2.33. The molecular formula is C27H24N2O6S. The van der Waals surface area contributed by atoms with Crippen molar-refractivity contribution in [1.29, 1.82) is 0 Å². The van der Waals surface area contributed by atoms with Crippen LogP contribution in [0.25, 0.3) is 0 Å². The van der Waals surface area contributed by atoms with E-state index in [9.17, 15) is 19.8 Å². The lowest BCUT2D eigenvalue weighted by molar-refractivity contribution is -0.121.